The van der Waals surface area contributed by atoms with E-state index >= 15 is 0 Å². The van der Waals surface area contributed by atoms with Crippen LogP contribution in [0.5, 0.6) is 0 Å². The van der Waals surface area contributed by atoms with Gasteiger partial charge in [-0.2, -0.15) is 0 Å². The molecule has 5 heteroatoms. The van der Waals surface area contributed by atoms with Crippen LogP contribution >= 0.6 is 0 Å². The molecule has 8 aromatic carbocycles. The van der Waals surface area contributed by atoms with Crippen LogP contribution in [0, 0.1) is 0 Å². The third-order valence-electron chi connectivity index (χ3n) is 12.3. The number of furan rings is 1. The van der Waals surface area contributed by atoms with E-state index in [4.69, 9.17) is 19.4 Å². The van der Waals surface area contributed by atoms with E-state index < -0.39 is 0 Å². The van der Waals surface area contributed by atoms with Crippen LogP contribution < -0.4 is 0 Å². The Morgan fingerprint density at radius 2 is 1.07 bits per heavy atom. The van der Waals surface area contributed by atoms with Crippen LogP contribution in [-0.4, -0.2) is 19.5 Å². The summed E-state index contributed by atoms with van der Waals surface area (Å²) < 4.78 is 9.02. The first kappa shape index (κ1) is 33.5. The van der Waals surface area contributed by atoms with Gasteiger partial charge in [0.25, 0.3) is 0 Å². The Hall–Kier alpha value is -7.63. The smallest absolute Gasteiger partial charge is 0.164 e. The van der Waals surface area contributed by atoms with Crippen molar-refractivity contribution in [2.24, 2.45) is 0 Å². The van der Waals surface area contributed by atoms with E-state index in [1.54, 1.807) is 0 Å². The summed E-state index contributed by atoms with van der Waals surface area (Å²) in [5.74, 6) is 1.87. The number of nitrogens with zero attached hydrogens (tertiary/aromatic N) is 4. The molecular weight excluding hydrogens is 721 g/mol. The first-order valence-electron chi connectivity index (χ1n) is 20.1. The van der Waals surface area contributed by atoms with Crippen molar-refractivity contribution >= 4 is 43.7 Å². The highest BCUT2D eigenvalue weighted by atomic mass is 16.3. The molecule has 0 bridgehead atoms. The molecule has 0 spiro atoms. The van der Waals surface area contributed by atoms with Crippen LogP contribution in [0.2, 0.25) is 0 Å². The third-order valence-corrected chi connectivity index (χ3v) is 12.3. The summed E-state index contributed by atoms with van der Waals surface area (Å²) in [5, 5.41) is 4.57. The van der Waals surface area contributed by atoms with E-state index in [0.717, 1.165) is 55.4 Å². The predicted octanol–water partition coefficient (Wildman–Crippen LogP) is 13.8. The minimum atomic E-state index is -0.141. The Kier molecular flexibility index (Phi) is 7.20. The molecule has 0 unspecified atom stereocenters. The Bertz CT molecular complexity index is 3470. The molecule has 1 aliphatic carbocycles. The fourth-order valence-electron chi connectivity index (χ4n) is 9.48. The summed E-state index contributed by atoms with van der Waals surface area (Å²) in [6, 6.07) is 64.1. The van der Waals surface area contributed by atoms with Crippen molar-refractivity contribution < 1.29 is 4.42 Å². The lowest BCUT2D eigenvalue weighted by Gasteiger charge is -2.21. The molecule has 0 fully saturated rings. The summed E-state index contributed by atoms with van der Waals surface area (Å²) >= 11 is 0. The molecular formula is C54H36N4O. The standard InChI is InChI=1S/C54H36N4O/c1-54(2)43-23-11-9-20-39(43)49-41(22-13-24-44(49)54)53-56-51(33-15-5-3-6-16-33)55-52(57-53)35-27-29-40-48(32-35)59-47-26-14-21-37(50(40)47)34-28-30-46-42(31-34)38-19-10-12-25-45(38)58(46)36-17-7-4-8-18-36/h3-32H,1-2H3. The fourth-order valence-corrected chi connectivity index (χ4v) is 9.48. The highest BCUT2D eigenvalue weighted by Crippen LogP contribution is 2.52. The van der Waals surface area contributed by atoms with E-state index in [1.807, 2.05) is 18.2 Å². The second-order valence-corrected chi connectivity index (χ2v) is 16.0. The Morgan fingerprint density at radius 1 is 0.424 bits per heavy atom. The van der Waals surface area contributed by atoms with Crippen molar-refractivity contribution in [3.8, 4) is 62.1 Å². The molecule has 0 saturated heterocycles. The molecule has 3 aromatic heterocycles. The number of fused-ring (bicyclic) bond motifs is 9. The van der Waals surface area contributed by atoms with Crippen LogP contribution in [-0.2, 0) is 5.41 Å². The molecule has 278 valence electrons. The summed E-state index contributed by atoms with van der Waals surface area (Å²) in [6.45, 7) is 4.60. The van der Waals surface area contributed by atoms with E-state index in [-0.39, 0.29) is 5.41 Å². The number of benzene rings is 8. The van der Waals surface area contributed by atoms with Crippen LogP contribution in [0.15, 0.2) is 186 Å². The quantitative estimate of drug-likeness (QED) is 0.175. The van der Waals surface area contributed by atoms with Gasteiger partial charge in [0.15, 0.2) is 17.5 Å². The highest BCUT2D eigenvalue weighted by molar-refractivity contribution is 6.15. The molecule has 1 aliphatic rings. The average Bonchev–Trinajstić information content (AvgIpc) is 3.91. The van der Waals surface area contributed by atoms with Crippen LogP contribution in [0.4, 0.5) is 0 Å². The van der Waals surface area contributed by atoms with Crippen molar-refractivity contribution in [2.45, 2.75) is 19.3 Å². The molecule has 5 nitrogen and oxygen atoms in total. The number of rotatable bonds is 5. The first-order chi connectivity index (χ1) is 29.0. The predicted molar refractivity (Wildman–Crippen MR) is 241 cm³/mol. The van der Waals surface area contributed by atoms with Crippen molar-refractivity contribution in [1.82, 2.24) is 19.5 Å². The largest absolute Gasteiger partial charge is 0.456 e. The SMILES string of the molecule is CC1(C)c2ccccc2-c2c(-c3nc(-c4ccccc4)nc(-c4ccc5c(c4)oc4cccc(-c6ccc7c(c6)c6ccccc6n7-c6ccccc6)c45)n3)cccc21. The molecule has 11 aromatic rings. The topological polar surface area (TPSA) is 56.7 Å². The highest BCUT2D eigenvalue weighted by Gasteiger charge is 2.37. The summed E-state index contributed by atoms with van der Waals surface area (Å²) in [7, 11) is 0. The van der Waals surface area contributed by atoms with Gasteiger partial charge in [-0.25, -0.2) is 15.0 Å². The maximum atomic E-state index is 6.67. The van der Waals surface area contributed by atoms with Crippen LogP contribution in [0.3, 0.4) is 0 Å². The van der Waals surface area contributed by atoms with E-state index in [1.165, 1.54) is 44.1 Å². The molecule has 0 N–H and O–H groups in total. The molecule has 0 radical (unpaired) electrons. The molecule has 0 saturated carbocycles. The number of aromatic nitrogens is 4. The molecule has 0 aliphatic heterocycles. The maximum Gasteiger partial charge on any atom is 0.164 e. The lowest BCUT2D eigenvalue weighted by molar-refractivity contribution is 0.660. The lowest BCUT2D eigenvalue weighted by Crippen LogP contribution is -2.14. The van der Waals surface area contributed by atoms with Gasteiger partial charge in [0.2, 0.25) is 0 Å². The Labute approximate surface area is 340 Å². The lowest BCUT2D eigenvalue weighted by atomic mass is 9.82. The number of para-hydroxylation sites is 2. The van der Waals surface area contributed by atoms with Gasteiger partial charge in [-0.1, -0.05) is 147 Å². The van der Waals surface area contributed by atoms with Crippen LogP contribution in [0.25, 0.3) is 106 Å². The van der Waals surface area contributed by atoms with Gasteiger partial charge in [-0.15, -0.1) is 0 Å². The Balaban J connectivity index is 1.01. The summed E-state index contributed by atoms with van der Waals surface area (Å²) in [6.07, 6.45) is 0. The Morgan fingerprint density at radius 3 is 1.93 bits per heavy atom. The second-order valence-electron chi connectivity index (χ2n) is 16.0. The van der Waals surface area contributed by atoms with Crippen LogP contribution in [0.1, 0.15) is 25.0 Å². The summed E-state index contributed by atoms with van der Waals surface area (Å²) in [4.78, 5) is 15.5. The van der Waals surface area contributed by atoms with Gasteiger partial charge >= 0.3 is 0 Å². The number of hydrogen-bond acceptors (Lipinski definition) is 4. The summed E-state index contributed by atoms with van der Waals surface area (Å²) in [5.41, 5.74) is 15.1. The van der Waals surface area contributed by atoms with Crippen molar-refractivity contribution in [2.75, 3.05) is 0 Å². The first-order valence-corrected chi connectivity index (χ1v) is 20.1. The molecule has 0 atom stereocenters. The monoisotopic (exact) mass is 756 g/mol. The van der Waals surface area contributed by atoms with Gasteiger partial charge in [0.1, 0.15) is 11.2 Å². The second kappa shape index (κ2) is 12.7. The van der Waals surface area contributed by atoms with Crippen molar-refractivity contribution in [1.29, 1.82) is 0 Å². The zero-order valence-corrected chi connectivity index (χ0v) is 32.5. The minimum Gasteiger partial charge on any atom is -0.456 e. The van der Waals surface area contributed by atoms with Gasteiger partial charge < -0.3 is 8.98 Å². The zero-order valence-electron chi connectivity index (χ0n) is 32.5. The van der Waals surface area contributed by atoms with E-state index in [2.05, 4.69) is 182 Å². The molecule has 3 heterocycles. The van der Waals surface area contributed by atoms with E-state index in [9.17, 15) is 0 Å². The van der Waals surface area contributed by atoms with Crippen molar-refractivity contribution in [3.63, 3.8) is 0 Å². The third kappa shape index (κ3) is 5.08. The molecule has 12 rings (SSSR count). The average molecular weight is 757 g/mol. The minimum absolute atomic E-state index is 0.141. The molecule has 0 amide bonds. The molecule has 59 heavy (non-hydrogen) atoms. The number of hydrogen-bond donors (Lipinski definition) is 0. The normalized spacial score (nSPS) is 13.1. The van der Waals surface area contributed by atoms with Gasteiger partial charge in [0.05, 0.1) is 11.0 Å². The maximum absolute atomic E-state index is 6.67. The fraction of sp³-hybridized carbons (Fsp3) is 0.0556. The van der Waals surface area contributed by atoms with Gasteiger partial charge in [-0.05, 0) is 81.9 Å². The van der Waals surface area contributed by atoms with E-state index in [0.29, 0.717) is 17.5 Å². The van der Waals surface area contributed by atoms with Gasteiger partial charge in [-0.3, -0.25) is 0 Å². The van der Waals surface area contributed by atoms with Gasteiger partial charge in [0, 0.05) is 49.3 Å². The zero-order chi connectivity index (χ0) is 39.2. The van der Waals surface area contributed by atoms with Crippen molar-refractivity contribution in [3.05, 3.63) is 193 Å².